The van der Waals surface area contributed by atoms with Gasteiger partial charge in [0.2, 0.25) is 0 Å². The van der Waals surface area contributed by atoms with Crippen molar-refractivity contribution in [1.29, 1.82) is 0 Å². The number of nitrogens with zero attached hydrogens (tertiary/aromatic N) is 2. The molecule has 152 valence electrons. The highest BCUT2D eigenvalue weighted by atomic mass is 35.5. The maximum atomic E-state index is 12.7. The number of aromatic amines is 1. The second-order valence-corrected chi connectivity index (χ2v) is 8.20. The molecular formula is C21H20Cl3N3O2. The molecule has 0 amide bonds. The van der Waals surface area contributed by atoms with E-state index >= 15 is 0 Å². The SMILES string of the molecule is CCC(=O)CC(CC(=O)CCc1cc(Cl)cc(Cl)c1)c1nc2nc(Cl)ccc2[nH]1. The standard InChI is InChI=1S/C21H20Cl3N3O2/c1-2-16(28)9-13(20-25-18-5-6-19(24)26-21(18)27-20)10-17(29)4-3-12-7-14(22)11-15(23)8-12/h5-8,11,13H,2-4,9-10H2,1H3,(H,25,26,27). The summed E-state index contributed by atoms with van der Waals surface area (Å²) in [6, 6.07) is 8.70. The Hall–Kier alpha value is -1.95. The molecule has 0 aliphatic heterocycles. The first-order valence-corrected chi connectivity index (χ1v) is 10.5. The molecule has 0 aliphatic rings. The van der Waals surface area contributed by atoms with E-state index in [2.05, 4.69) is 15.0 Å². The number of halogens is 3. The van der Waals surface area contributed by atoms with Gasteiger partial charge in [0.05, 0.1) is 5.52 Å². The molecule has 1 aromatic carbocycles. The average Bonchev–Trinajstić information content (AvgIpc) is 3.08. The predicted octanol–water partition coefficient (Wildman–Crippen LogP) is 5.96. The maximum Gasteiger partial charge on any atom is 0.179 e. The van der Waals surface area contributed by atoms with Gasteiger partial charge in [0.25, 0.3) is 0 Å². The number of carbonyl (C=O) groups is 2. The minimum Gasteiger partial charge on any atom is -0.340 e. The zero-order valence-corrected chi connectivity index (χ0v) is 18.1. The van der Waals surface area contributed by atoms with Crippen LogP contribution < -0.4 is 0 Å². The summed E-state index contributed by atoms with van der Waals surface area (Å²) in [5.74, 6) is 0.374. The molecule has 0 spiro atoms. The van der Waals surface area contributed by atoms with Gasteiger partial charge in [0, 0.05) is 41.6 Å². The highest BCUT2D eigenvalue weighted by molar-refractivity contribution is 6.34. The third-order valence-corrected chi connectivity index (χ3v) is 5.32. The van der Waals surface area contributed by atoms with E-state index in [0.29, 0.717) is 45.9 Å². The van der Waals surface area contributed by atoms with Crippen molar-refractivity contribution < 1.29 is 9.59 Å². The summed E-state index contributed by atoms with van der Waals surface area (Å²) >= 11 is 18.0. The number of rotatable bonds is 9. The van der Waals surface area contributed by atoms with Crippen molar-refractivity contribution in [2.24, 2.45) is 0 Å². The molecule has 2 heterocycles. The fraction of sp³-hybridized carbons (Fsp3) is 0.333. The van der Waals surface area contributed by atoms with Crippen LogP contribution in [0.15, 0.2) is 30.3 Å². The molecular weight excluding hydrogens is 433 g/mol. The van der Waals surface area contributed by atoms with Crippen LogP contribution in [0.1, 0.15) is 49.9 Å². The highest BCUT2D eigenvalue weighted by Gasteiger charge is 2.22. The molecule has 0 saturated carbocycles. The lowest BCUT2D eigenvalue weighted by Gasteiger charge is -2.13. The predicted molar refractivity (Wildman–Crippen MR) is 116 cm³/mol. The minimum atomic E-state index is -0.328. The zero-order valence-electron chi connectivity index (χ0n) is 15.8. The number of hydrogen-bond donors (Lipinski definition) is 1. The van der Waals surface area contributed by atoms with Crippen molar-refractivity contribution in [3.63, 3.8) is 0 Å². The number of benzene rings is 1. The summed E-state index contributed by atoms with van der Waals surface area (Å²) in [5.41, 5.74) is 2.10. The fourth-order valence-electron chi connectivity index (χ4n) is 3.18. The first kappa shape index (κ1) is 21.8. The van der Waals surface area contributed by atoms with Gasteiger partial charge in [0.1, 0.15) is 22.5 Å². The van der Waals surface area contributed by atoms with Gasteiger partial charge in [-0.05, 0) is 42.3 Å². The summed E-state index contributed by atoms with van der Waals surface area (Å²) in [6.07, 6.45) is 1.74. The molecule has 3 aromatic rings. The third kappa shape index (κ3) is 6.01. The fourth-order valence-corrected chi connectivity index (χ4v) is 3.90. The number of nitrogens with one attached hydrogen (secondary N) is 1. The monoisotopic (exact) mass is 451 g/mol. The molecule has 0 radical (unpaired) electrons. The number of aromatic nitrogens is 3. The van der Waals surface area contributed by atoms with Crippen molar-refractivity contribution in [2.45, 2.75) is 44.9 Å². The topological polar surface area (TPSA) is 75.7 Å². The van der Waals surface area contributed by atoms with Crippen molar-refractivity contribution in [1.82, 2.24) is 15.0 Å². The van der Waals surface area contributed by atoms with Crippen molar-refractivity contribution >= 4 is 57.5 Å². The van der Waals surface area contributed by atoms with Crippen LogP contribution in [-0.2, 0) is 16.0 Å². The van der Waals surface area contributed by atoms with Crippen LogP contribution in [0.4, 0.5) is 0 Å². The first-order chi connectivity index (χ1) is 13.8. The van der Waals surface area contributed by atoms with Gasteiger partial charge in [-0.1, -0.05) is 41.7 Å². The molecule has 0 fully saturated rings. The van der Waals surface area contributed by atoms with E-state index in [1.165, 1.54) is 0 Å². The second kappa shape index (κ2) is 9.70. The number of H-pyrrole nitrogens is 1. The van der Waals surface area contributed by atoms with Crippen molar-refractivity contribution in [3.8, 4) is 0 Å². The van der Waals surface area contributed by atoms with Crippen LogP contribution in [0, 0.1) is 0 Å². The Kier molecular flexibility index (Phi) is 7.28. The minimum absolute atomic E-state index is 0.0430. The molecule has 29 heavy (non-hydrogen) atoms. The number of Topliss-reactive ketones (excluding diaryl/α,β-unsaturated/α-hetero) is 2. The van der Waals surface area contributed by atoms with Gasteiger partial charge in [-0.2, -0.15) is 0 Å². The van der Waals surface area contributed by atoms with E-state index in [1.807, 2.05) is 6.92 Å². The van der Waals surface area contributed by atoms with E-state index in [0.717, 1.165) is 11.1 Å². The number of hydrogen-bond acceptors (Lipinski definition) is 4. The van der Waals surface area contributed by atoms with Gasteiger partial charge in [-0.3, -0.25) is 9.59 Å². The van der Waals surface area contributed by atoms with E-state index in [9.17, 15) is 9.59 Å². The lowest BCUT2D eigenvalue weighted by molar-refractivity contribution is -0.120. The maximum absolute atomic E-state index is 12.7. The zero-order chi connectivity index (χ0) is 21.0. The van der Waals surface area contributed by atoms with Crippen LogP contribution in [0.5, 0.6) is 0 Å². The quantitative estimate of drug-likeness (QED) is 0.406. The largest absolute Gasteiger partial charge is 0.340 e. The van der Waals surface area contributed by atoms with Gasteiger partial charge >= 0.3 is 0 Å². The molecule has 0 saturated heterocycles. The van der Waals surface area contributed by atoms with Crippen LogP contribution in [0.2, 0.25) is 15.2 Å². The normalized spacial score (nSPS) is 12.3. The third-order valence-electron chi connectivity index (χ3n) is 4.67. The molecule has 2 aromatic heterocycles. The smallest absolute Gasteiger partial charge is 0.179 e. The Morgan fingerprint density at radius 3 is 2.38 bits per heavy atom. The number of carbonyl (C=O) groups excluding carboxylic acids is 2. The molecule has 1 unspecified atom stereocenters. The van der Waals surface area contributed by atoms with Crippen LogP contribution >= 0.6 is 34.8 Å². The summed E-state index contributed by atoms with van der Waals surface area (Å²) in [4.78, 5) is 36.6. The Bertz CT molecular complexity index is 1030. The van der Waals surface area contributed by atoms with Gasteiger partial charge in [-0.25, -0.2) is 9.97 Å². The number of fused-ring (bicyclic) bond motifs is 1. The lowest BCUT2D eigenvalue weighted by Crippen LogP contribution is -2.13. The summed E-state index contributed by atoms with van der Waals surface area (Å²) in [5, 5.41) is 1.42. The van der Waals surface area contributed by atoms with E-state index in [4.69, 9.17) is 34.8 Å². The molecule has 1 atom stereocenters. The summed E-state index contributed by atoms with van der Waals surface area (Å²) in [7, 11) is 0. The van der Waals surface area contributed by atoms with Crippen molar-refractivity contribution in [3.05, 3.63) is 56.9 Å². The van der Waals surface area contributed by atoms with Crippen LogP contribution in [-0.4, -0.2) is 26.5 Å². The lowest BCUT2D eigenvalue weighted by atomic mass is 9.92. The summed E-state index contributed by atoms with van der Waals surface area (Å²) < 4.78 is 0. The van der Waals surface area contributed by atoms with Gasteiger partial charge in [-0.15, -0.1) is 0 Å². The molecule has 3 rings (SSSR count). The first-order valence-electron chi connectivity index (χ1n) is 9.34. The van der Waals surface area contributed by atoms with E-state index in [1.54, 1.807) is 30.3 Å². The molecule has 1 N–H and O–H groups in total. The number of imidazole rings is 1. The Labute approximate surface area is 183 Å². The average molecular weight is 453 g/mol. The van der Waals surface area contributed by atoms with Gasteiger partial charge < -0.3 is 4.98 Å². The number of ketones is 2. The summed E-state index contributed by atoms with van der Waals surface area (Å²) in [6.45, 7) is 1.81. The van der Waals surface area contributed by atoms with Crippen LogP contribution in [0.3, 0.4) is 0 Å². The van der Waals surface area contributed by atoms with E-state index < -0.39 is 0 Å². The van der Waals surface area contributed by atoms with E-state index in [-0.39, 0.29) is 30.3 Å². The van der Waals surface area contributed by atoms with Crippen molar-refractivity contribution in [2.75, 3.05) is 0 Å². The highest BCUT2D eigenvalue weighted by Crippen LogP contribution is 2.26. The molecule has 8 heteroatoms. The molecule has 5 nitrogen and oxygen atoms in total. The Morgan fingerprint density at radius 1 is 1.00 bits per heavy atom. The molecule has 0 aliphatic carbocycles. The second-order valence-electron chi connectivity index (χ2n) is 6.94. The van der Waals surface area contributed by atoms with Crippen LogP contribution in [0.25, 0.3) is 11.2 Å². The molecule has 0 bridgehead atoms. The number of pyridine rings is 1. The van der Waals surface area contributed by atoms with Gasteiger partial charge in [0.15, 0.2) is 5.65 Å². The number of aryl methyl sites for hydroxylation is 1. The Morgan fingerprint density at radius 2 is 1.69 bits per heavy atom. The Balaban J connectivity index is 1.73.